The molecule has 2 aromatic carbocycles. The van der Waals surface area contributed by atoms with Gasteiger partial charge in [-0.15, -0.1) is 5.10 Å². The van der Waals surface area contributed by atoms with Crippen molar-refractivity contribution in [2.24, 2.45) is 0 Å². The zero-order valence-corrected chi connectivity index (χ0v) is 19.4. The minimum absolute atomic E-state index is 0.0938. The monoisotopic (exact) mass is 465 g/mol. The summed E-state index contributed by atoms with van der Waals surface area (Å²) in [5.74, 6) is -0.354. The third-order valence-corrected chi connectivity index (χ3v) is 6.81. The molecule has 0 radical (unpaired) electrons. The smallest absolute Gasteiger partial charge is 0.219 e. The van der Waals surface area contributed by atoms with Gasteiger partial charge in [0.2, 0.25) is 5.91 Å². The van der Waals surface area contributed by atoms with Gasteiger partial charge in [0.1, 0.15) is 0 Å². The van der Waals surface area contributed by atoms with Crippen LogP contribution in [0, 0.1) is 12.7 Å². The summed E-state index contributed by atoms with van der Waals surface area (Å²) in [5, 5.41) is 12.1. The normalized spacial score (nSPS) is 17.6. The fourth-order valence-corrected chi connectivity index (χ4v) is 4.91. The van der Waals surface area contributed by atoms with Crippen molar-refractivity contribution < 1.29 is 9.18 Å². The number of nitrogens with one attached hydrogen (secondary N) is 1. The van der Waals surface area contributed by atoms with Gasteiger partial charge in [-0.1, -0.05) is 41.1 Å². The summed E-state index contributed by atoms with van der Waals surface area (Å²) in [6.45, 7) is 5.56. The van der Waals surface area contributed by atoms with E-state index in [1.165, 1.54) is 5.57 Å². The standard InChI is InChI=1S/C25H25ClFN5O/c1-15-25-19-7-6-18(17-8-11-31(12-9-17)16(2)33)14-20(19)22(10-13-32(25)30-29-15)28-23-5-3-4-21(26)24(23)27/h3-8,14,22,28H,9-13H2,1-2H3. The molecule has 0 aliphatic carbocycles. The minimum Gasteiger partial charge on any atom is -0.376 e. The molecule has 1 unspecified atom stereocenters. The highest BCUT2D eigenvalue weighted by molar-refractivity contribution is 6.31. The first-order chi connectivity index (χ1) is 15.9. The van der Waals surface area contributed by atoms with Crippen molar-refractivity contribution in [2.45, 2.75) is 39.3 Å². The third-order valence-electron chi connectivity index (χ3n) is 6.52. The predicted octanol–water partition coefficient (Wildman–Crippen LogP) is 5.24. The van der Waals surface area contributed by atoms with Crippen LogP contribution in [0.4, 0.5) is 10.1 Å². The number of rotatable bonds is 3. The van der Waals surface area contributed by atoms with E-state index >= 15 is 0 Å². The molecule has 3 heterocycles. The summed E-state index contributed by atoms with van der Waals surface area (Å²) in [7, 11) is 0. The van der Waals surface area contributed by atoms with E-state index in [0.717, 1.165) is 40.9 Å². The number of aryl methyl sites for hydroxylation is 2. The highest BCUT2D eigenvalue weighted by Gasteiger charge is 2.27. The fourth-order valence-electron chi connectivity index (χ4n) is 4.73. The zero-order valence-electron chi connectivity index (χ0n) is 18.6. The maximum atomic E-state index is 14.7. The first-order valence-corrected chi connectivity index (χ1v) is 11.5. The summed E-state index contributed by atoms with van der Waals surface area (Å²) in [5.41, 5.74) is 6.70. The van der Waals surface area contributed by atoms with Gasteiger partial charge in [-0.2, -0.15) is 0 Å². The van der Waals surface area contributed by atoms with E-state index in [1.807, 2.05) is 16.5 Å². The Morgan fingerprint density at radius 1 is 1.24 bits per heavy atom. The van der Waals surface area contributed by atoms with E-state index in [1.54, 1.807) is 25.1 Å². The quantitative estimate of drug-likeness (QED) is 0.574. The van der Waals surface area contributed by atoms with Gasteiger partial charge in [-0.05, 0) is 54.7 Å². The molecule has 0 bridgehead atoms. The highest BCUT2D eigenvalue weighted by Crippen LogP contribution is 2.39. The van der Waals surface area contributed by atoms with E-state index in [0.29, 0.717) is 25.3 Å². The molecule has 5 rings (SSSR count). The van der Waals surface area contributed by atoms with Gasteiger partial charge in [-0.25, -0.2) is 9.07 Å². The molecule has 2 aliphatic heterocycles. The van der Waals surface area contributed by atoms with Crippen LogP contribution in [-0.4, -0.2) is 38.9 Å². The second kappa shape index (κ2) is 8.63. The summed E-state index contributed by atoms with van der Waals surface area (Å²) >= 11 is 6.03. The molecule has 1 aromatic heterocycles. The van der Waals surface area contributed by atoms with E-state index in [9.17, 15) is 9.18 Å². The molecule has 8 heteroatoms. The van der Waals surface area contributed by atoms with Gasteiger partial charge in [-0.3, -0.25) is 4.79 Å². The van der Waals surface area contributed by atoms with Crippen molar-refractivity contribution >= 4 is 28.8 Å². The Bertz CT molecular complexity index is 1270. The SMILES string of the molecule is CC(=O)N1CC=C(c2ccc3c(c2)C(Nc2cccc(Cl)c2F)CCn2nnc(C)c2-3)CC1. The number of fused-ring (bicyclic) bond motifs is 3. The number of amides is 1. The molecule has 170 valence electrons. The van der Waals surface area contributed by atoms with E-state index < -0.39 is 5.82 Å². The van der Waals surface area contributed by atoms with Crippen molar-refractivity contribution in [1.29, 1.82) is 0 Å². The lowest BCUT2D eigenvalue weighted by molar-refractivity contribution is -0.128. The van der Waals surface area contributed by atoms with Crippen molar-refractivity contribution in [2.75, 3.05) is 18.4 Å². The molecule has 0 fully saturated rings. The van der Waals surface area contributed by atoms with Crippen LogP contribution < -0.4 is 5.32 Å². The Balaban J connectivity index is 1.57. The second-order valence-electron chi connectivity index (χ2n) is 8.58. The average molecular weight is 466 g/mol. The molecule has 33 heavy (non-hydrogen) atoms. The minimum atomic E-state index is -0.448. The lowest BCUT2D eigenvalue weighted by atomic mass is 9.90. The van der Waals surface area contributed by atoms with Crippen LogP contribution in [0.25, 0.3) is 16.8 Å². The number of nitrogens with zero attached hydrogens (tertiary/aromatic N) is 4. The third kappa shape index (κ3) is 4.02. The average Bonchev–Trinajstić information content (AvgIpc) is 3.11. The molecular weight excluding hydrogens is 441 g/mol. The Morgan fingerprint density at radius 3 is 2.85 bits per heavy atom. The van der Waals surface area contributed by atoms with E-state index in [4.69, 9.17) is 11.6 Å². The summed E-state index contributed by atoms with van der Waals surface area (Å²) in [4.78, 5) is 13.5. The Kier molecular flexibility index (Phi) is 5.66. The number of aromatic nitrogens is 3. The van der Waals surface area contributed by atoms with Gasteiger partial charge < -0.3 is 10.2 Å². The fraction of sp³-hybridized carbons (Fsp3) is 0.320. The molecular formula is C25H25ClFN5O. The number of carbonyl (C=O) groups is 1. The number of anilines is 1. The second-order valence-corrected chi connectivity index (χ2v) is 8.99. The summed E-state index contributed by atoms with van der Waals surface area (Å²) in [6, 6.07) is 11.3. The molecule has 0 saturated heterocycles. The number of hydrogen-bond donors (Lipinski definition) is 1. The molecule has 1 amide bonds. The van der Waals surface area contributed by atoms with Crippen LogP contribution in [-0.2, 0) is 11.3 Å². The Labute approximate surface area is 197 Å². The summed E-state index contributed by atoms with van der Waals surface area (Å²) in [6.07, 6.45) is 3.65. The molecule has 6 nitrogen and oxygen atoms in total. The number of benzene rings is 2. The van der Waals surface area contributed by atoms with E-state index in [-0.39, 0.29) is 17.0 Å². The van der Waals surface area contributed by atoms with Crippen LogP contribution >= 0.6 is 11.6 Å². The number of halogens is 2. The lowest BCUT2D eigenvalue weighted by Gasteiger charge is -2.26. The van der Waals surface area contributed by atoms with Crippen molar-refractivity contribution in [3.05, 3.63) is 70.1 Å². The maximum Gasteiger partial charge on any atom is 0.219 e. The maximum absolute atomic E-state index is 14.7. The van der Waals surface area contributed by atoms with E-state index in [2.05, 4.69) is 39.9 Å². The van der Waals surface area contributed by atoms with Gasteiger partial charge in [0.15, 0.2) is 5.82 Å². The van der Waals surface area contributed by atoms with Crippen LogP contribution in [0.2, 0.25) is 5.02 Å². The van der Waals surface area contributed by atoms with Gasteiger partial charge in [0.05, 0.1) is 28.1 Å². The number of hydrogen-bond acceptors (Lipinski definition) is 4. The molecule has 1 N–H and O–H groups in total. The molecule has 2 aliphatic rings. The van der Waals surface area contributed by atoms with Crippen LogP contribution in [0.3, 0.4) is 0 Å². The van der Waals surface area contributed by atoms with Crippen molar-refractivity contribution in [3.63, 3.8) is 0 Å². The first kappa shape index (κ1) is 21.6. The van der Waals surface area contributed by atoms with Gasteiger partial charge >= 0.3 is 0 Å². The van der Waals surface area contributed by atoms with Crippen LogP contribution in [0.5, 0.6) is 0 Å². The highest BCUT2D eigenvalue weighted by atomic mass is 35.5. The largest absolute Gasteiger partial charge is 0.376 e. The molecule has 0 spiro atoms. The zero-order chi connectivity index (χ0) is 23.1. The van der Waals surface area contributed by atoms with Gasteiger partial charge in [0, 0.05) is 32.1 Å². The molecule has 3 aromatic rings. The molecule has 0 saturated carbocycles. The Hall–Kier alpha value is -3.19. The lowest BCUT2D eigenvalue weighted by Crippen LogP contribution is -2.32. The Morgan fingerprint density at radius 2 is 2.09 bits per heavy atom. The summed E-state index contributed by atoms with van der Waals surface area (Å²) < 4.78 is 16.6. The van der Waals surface area contributed by atoms with Crippen molar-refractivity contribution in [3.8, 4) is 11.3 Å². The van der Waals surface area contributed by atoms with Gasteiger partial charge in [0.25, 0.3) is 0 Å². The van der Waals surface area contributed by atoms with Crippen LogP contribution in [0.15, 0.2) is 42.5 Å². The topological polar surface area (TPSA) is 63.1 Å². The predicted molar refractivity (Wildman–Crippen MR) is 127 cm³/mol. The molecule has 1 atom stereocenters. The number of carbonyl (C=O) groups excluding carboxylic acids is 1. The van der Waals surface area contributed by atoms with Crippen molar-refractivity contribution in [1.82, 2.24) is 19.9 Å². The van der Waals surface area contributed by atoms with Crippen LogP contribution in [0.1, 0.15) is 42.6 Å². The first-order valence-electron chi connectivity index (χ1n) is 11.1.